The Kier molecular flexibility index (Phi) is 3.27. The molecule has 0 bridgehead atoms. The molecule has 5 nitrogen and oxygen atoms in total. The summed E-state index contributed by atoms with van der Waals surface area (Å²) in [6.07, 6.45) is 3.38. The minimum absolute atomic E-state index is 0.166. The van der Waals surface area contributed by atoms with Crippen LogP contribution in [0.15, 0.2) is 0 Å². The Morgan fingerprint density at radius 3 is 2.38 bits per heavy atom. The summed E-state index contributed by atoms with van der Waals surface area (Å²) in [4.78, 5) is 0. The molecule has 0 unspecified atom stereocenters. The fraction of sp³-hybridized carbons (Fsp3) is 1.00. The maximum atomic E-state index is 12.0. The summed E-state index contributed by atoms with van der Waals surface area (Å²) < 4.78 is 28.2. The second-order valence-electron chi connectivity index (χ2n) is 5.19. The van der Waals surface area contributed by atoms with Crippen LogP contribution < -0.4 is 4.72 Å². The van der Waals surface area contributed by atoms with E-state index in [9.17, 15) is 8.42 Å². The summed E-state index contributed by atoms with van der Waals surface area (Å²) in [5.41, 5.74) is -0.202. The third-order valence-corrected chi connectivity index (χ3v) is 5.34. The van der Waals surface area contributed by atoms with Gasteiger partial charge in [-0.05, 0) is 38.5 Å². The highest BCUT2D eigenvalue weighted by molar-refractivity contribution is 7.87. The van der Waals surface area contributed by atoms with Crippen molar-refractivity contribution in [2.45, 2.75) is 38.1 Å². The van der Waals surface area contributed by atoms with E-state index in [1.807, 2.05) is 6.92 Å². The van der Waals surface area contributed by atoms with E-state index in [0.717, 1.165) is 25.7 Å². The topological polar surface area (TPSA) is 69.6 Å². The molecule has 0 aromatic rings. The Balaban J connectivity index is 1.92. The molecule has 1 saturated heterocycles. The van der Waals surface area contributed by atoms with Crippen LogP contribution >= 0.6 is 0 Å². The smallest absolute Gasteiger partial charge is 0.279 e. The molecular formula is C10H20N2O3S. The number of hydrogen-bond donors (Lipinski definition) is 2. The number of nitrogens with one attached hydrogen (secondary N) is 1. The van der Waals surface area contributed by atoms with Crippen molar-refractivity contribution in [1.29, 1.82) is 0 Å². The van der Waals surface area contributed by atoms with E-state index in [1.54, 1.807) is 0 Å². The first-order valence-electron chi connectivity index (χ1n) is 5.85. The summed E-state index contributed by atoms with van der Waals surface area (Å²) in [6, 6.07) is 0. The van der Waals surface area contributed by atoms with E-state index in [-0.39, 0.29) is 18.1 Å². The minimum atomic E-state index is -3.31. The Hall–Kier alpha value is -0.170. The highest BCUT2D eigenvalue weighted by Gasteiger charge is 2.42. The SMILES string of the molecule is CC1(NS(=O)(=O)N2CCC(CO)CC2)CC1. The number of piperidine rings is 1. The van der Waals surface area contributed by atoms with Gasteiger partial charge in [-0.3, -0.25) is 0 Å². The van der Waals surface area contributed by atoms with Gasteiger partial charge in [0.15, 0.2) is 0 Å². The van der Waals surface area contributed by atoms with E-state index in [4.69, 9.17) is 5.11 Å². The van der Waals surface area contributed by atoms with Crippen LogP contribution in [0.4, 0.5) is 0 Å². The number of rotatable bonds is 4. The third-order valence-electron chi connectivity index (χ3n) is 3.55. The molecule has 1 heterocycles. The molecule has 2 fully saturated rings. The van der Waals surface area contributed by atoms with Crippen molar-refractivity contribution in [3.63, 3.8) is 0 Å². The van der Waals surface area contributed by atoms with Crippen LogP contribution in [0.1, 0.15) is 32.6 Å². The predicted molar refractivity (Wildman–Crippen MR) is 61.1 cm³/mol. The lowest BCUT2D eigenvalue weighted by Crippen LogP contribution is -2.48. The largest absolute Gasteiger partial charge is 0.396 e. The molecule has 1 saturated carbocycles. The van der Waals surface area contributed by atoms with Crippen molar-refractivity contribution in [3.05, 3.63) is 0 Å². The zero-order valence-corrected chi connectivity index (χ0v) is 10.5. The molecule has 0 atom stereocenters. The number of aliphatic hydroxyl groups is 1. The standard InChI is InChI=1S/C10H20N2O3S/c1-10(4-5-10)11-16(14,15)12-6-2-9(8-13)3-7-12/h9,11,13H,2-8H2,1H3. The summed E-state index contributed by atoms with van der Waals surface area (Å²) in [7, 11) is -3.31. The summed E-state index contributed by atoms with van der Waals surface area (Å²) in [5.74, 6) is 0.267. The Bertz CT molecular complexity index is 343. The van der Waals surface area contributed by atoms with Crippen LogP contribution in [0.2, 0.25) is 0 Å². The Labute approximate surface area is 97.0 Å². The first-order chi connectivity index (χ1) is 7.45. The lowest BCUT2D eigenvalue weighted by Gasteiger charge is -2.31. The highest BCUT2D eigenvalue weighted by Crippen LogP contribution is 2.35. The fourth-order valence-electron chi connectivity index (χ4n) is 2.00. The van der Waals surface area contributed by atoms with Crippen molar-refractivity contribution >= 4 is 10.2 Å². The van der Waals surface area contributed by atoms with E-state index < -0.39 is 10.2 Å². The fourth-order valence-corrected chi connectivity index (χ4v) is 3.65. The molecule has 0 amide bonds. The average molecular weight is 248 g/mol. The van der Waals surface area contributed by atoms with Crippen molar-refractivity contribution in [2.24, 2.45) is 5.92 Å². The average Bonchev–Trinajstić information content (AvgIpc) is 2.95. The van der Waals surface area contributed by atoms with Crippen LogP contribution in [0.5, 0.6) is 0 Å². The quantitative estimate of drug-likeness (QED) is 0.740. The highest BCUT2D eigenvalue weighted by atomic mass is 32.2. The molecule has 2 aliphatic rings. The lowest BCUT2D eigenvalue weighted by molar-refractivity contribution is 0.169. The molecule has 0 radical (unpaired) electrons. The number of aliphatic hydroxyl groups excluding tert-OH is 1. The molecule has 16 heavy (non-hydrogen) atoms. The molecule has 2 N–H and O–H groups in total. The van der Waals surface area contributed by atoms with E-state index in [2.05, 4.69) is 4.72 Å². The molecule has 2 rings (SSSR count). The van der Waals surface area contributed by atoms with Gasteiger partial charge in [0.2, 0.25) is 0 Å². The van der Waals surface area contributed by atoms with Gasteiger partial charge in [-0.15, -0.1) is 0 Å². The monoisotopic (exact) mass is 248 g/mol. The number of hydrogen-bond acceptors (Lipinski definition) is 3. The van der Waals surface area contributed by atoms with Crippen LogP contribution in [0.3, 0.4) is 0 Å². The van der Waals surface area contributed by atoms with E-state index >= 15 is 0 Å². The van der Waals surface area contributed by atoms with Crippen molar-refractivity contribution in [3.8, 4) is 0 Å². The molecule has 94 valence electrons. The molecule has 1 aliphatic heterocycles. The van der Waals surface area contributed by atoms with Crippen LogP contribution in [0, 0.1) is 5.92 Å². The predicted octanol–water partition coefficient (Wildman–Crippen LogP) is 0.0776. The van der Waals surface area contributed by atoms with Crippen molar-refractivity contribution in [2.75, 3.05) is 19.7 Å². The van der Waals surface area contributed by atoms with Gasteiger partial charge in [0.1, 0.15) is 0 Å². The maximum Gasteiger partial charge on any atom is 0.279 e. The third kappa shape index (κ3) is 2.74. The van der Waals surface area contributed by atoms with Crippen molar-refractivity contribution < 1.29 is 13.5 Å². The van der Waals surface area contributed by atoms with Gasteiger partial charge in [-0.2, -0.15) is 17.4 Å². The van der Waals surface area contributed by atoms with Gasteiger partial charge in [0.25, 0.3) is 10.2 Å². The second-order valence-corrected chi connectivity index (χ2v) is 6.86. The van der Waals surface area contributed by atoms with Crippen LogP contribution in [-0.2, 0) is 10.2 Å². The zero-order valence-electron chi connectivity index (χ0n) is 9.65. The first kappa shape index (κ1) is 12.3. The van der Waals surface area contributed by atoms with Gasteiger partial charge in [0.05, 0.1) is 0 Å². The van der Waals surface area contributed by atoms with E-state index in [0.29, 0.717) is 13.1 Å². The van der Waals surface area contributed by atoms with Gasteiger partial charge in [-0.1, -0.05) is 0 Å². The van der Waals surface area contributed by atoms with Crippen LogP contribution in [-0.4, -0.2) is 43.1 Å². The minimum Gasteiger partial charge on any atom is -0.396 e. The normalized spacial score (nSPS) is 26.9. The maximum absolute atomic E-state index is 12.0. The van der Waals surface area contributed by atoms with E-state index in [1.165, 1.54) is 4.31 Å². The molecular weight excluding hydrogens is 228 g/mol. The molecule has 6 heteroatoms. The first-order valence-corrected chi connectivity index (χ1v) is 7.29. The van der Waals surface area contributed by atoms with Gasteiger partial charge >= 0.3 is 0 Å². The molecule has 0 aromatic carbocycles. The molecule has 0 aromatic heterocycles. The van der Waals surface area contributed by atoms with Gasteiger partial charge in [0, 0.05) is 25.2 Å². The van der Waals surface area contributed by atoms with Gasteiger partial charge < -0.3 is 5.11 Å². The summed E-state index contributed by atoms with van der Waals surface area (Å²) in [6.45, 7) is 3.15. The molecule has 1 aliphatic carbocycles. The van der Waals surface area contributed by atoms with Crippen LogP contribution in [0.25, 0.3) is 0 Å². The molecule has 0 spiro atoms. The number of nitrogens with zero attached hydrogens (tertiary/aromatic N) is 1. The summed E-state index contributed by atoms with van der Waals surface area (Å²) in [5, 5.41) is 8.99. The Morgan fingerprint density at radius 1 is 1.38 bits per heavy atom. The van der Waals surface area contributed by atoms with Gasteiger partial charge in [-0.25, -0.2) is 0 Å². The Morgan fingerprint density at radius 2 is 1.94 bits per heavy atom. The summed E-state index contributed by atoms with van der Waals surface area (Å²) >= 11 is 0. The zero-order chi connectivity index (χ0) is 11.8. The van der Waals surface area contributed by atoms with Crippen molar-refractivity contribution in [1.82, 2.24) is 9.03 Å². The second kappa shape index (κ2) is 4.25. The lowest BCUT2D eigenvalue weighted by atomic mass is 10.00.